The first kappa shape index (κ1) is 14.5. The predicted octanol–water partition coefficient (Wildman–Crippen LogP) is 5.64. The van der Waals surface area contributed by atoms with E-state index >= 15 is 0 Å². The molecule has 0 saturated heterocycles. The topological polar surface area (TPSA) is 38.0 Å². The van der Waals surface area contributed by atoms with Crippen molar-refractivity contribution in [3.8, 4) is 11.1 Å². The Bertz CT molecular complexity index is 795. The van der Waals surface area contributed by atoms with Crippen molar-refractivity contribution in [1.29, 1.82) is 0 Å². The zero-order chi connectivity index (χ0) is 15.5. The Balaban J connectivity index is 1.89. The predicted molar refractivity (Wildman–Crippen MR) is 95.8 cm³/mol. The Morgan fingerprint density at radius 2 is 1.64 bits per heavy atom. The minimum Gasteiger partial charge on any atom is -0.399 e. The van der Waals surface area contributed by atoms with Gasteiger partial charge in [-0.2, -0.15) is 0 Å². The Morgan fingerprint density at radius 1 is 0.909 bits per heavy atom. The number of benzene rings is 3. The lowest BCUT2D eigenvalue weighted by Gasteiger charge is -2.11. The minimum absolute atomic E-state index is 0.692. The fraction of sp³-hybridized carbons (Fsp3) is 0.0526. The second-order valence-electron chi connectivity index (χ2n) is 5.26. The van der Waals surface area contributed by atoms with Crippen molar-refractivity contribution in [2.75, 3.05) is 11.1 Å². The highest BCUT2D eigenvalue weighted by molar-refractivity contribution is 6.33. The molecule has 0 unspecified atom stereocenters. The lowest BCUT2D eigenvalue weighted by molar-refractivity contribution is 1.45. The van der Waals surface area contributed by atoms with Gasteiger partial charge in [0.15, 0.2) is 0 Å². The van der Waals surface area contributed by atoms with E-state index in [1.54, 1.807) is 0 Å². The van der Waals surface area contributed by atoms with E-state index in [0.717, 1.165) is 22.6 Å². The van der Waals surface area contributed by atoms with Crippen LogP contribution in [0, 0.1) is 6.92 Å². The van der Waals surface area contributed by atoms with Crippen LogP contribution in [0.25, 0.3) is 11.1 Å². The minimum atomic E-state index is 0.692. The van der Waals surface area contributed by atoms with Crippen molar-refractivity contribution in [2.24, 2.45) is 0 Å². The number of nitrogens with two attached hydrogens (primary N) is 1. The van der Waals surface area contributed by atoms with Crippen molar-refractivity contribution in [1.82, 2.24) is 0 Å². The maximum absolute atomic E-state index is 6.43. The van der Waals surface area contributed by atoms with E-state index in [-0.39, 0.29) is 0 Å². The van der Waals surface area contributed by atoms with Crippen LogP contribution in [0.5, 0.6) is 0 Å². The first-order chi connectivity index (χ1) is 10.6. The number of hydrogen-bond donors (Lipinski definition) is 2. The van der Waals surface area contributed by atoms with Gasteiger partial charge in [0.1, 0.15) is 0 Å². The smallest absolute Gasteiger partial charge is 0.0647 e. The molecule has 0 aromatic heterocycles. The number of anilines is 3. The van der Waals surface area contributed by atoms with Gasteiger partial charge in [0.05, 0.1) is 10.7 Å². The molecule has 3 rings (SSSR count). The third-order valence-corrected chi connectivity index (χ3v) is 3.93. The second-order valence-corrected chi connectivity index (χ2v) is 5.66. The molecule has 0 aliphatic heterocycles. The van der Waals surface area contributed by atoms with Crippen LogP contribution in [0.4, 0.5) is 17.1 Å². The summed E-state index contributed by atoms with van der Waals surface area (Å²) in [5, 5.41) is 4.00. The van der Waals surface area contributed by atoms with Crippen LogP contribution in [0.15, 0.2) is 66.7 Å². The molecule has 0 aliphatic carbocycles. The highest BCUT2D eigenvalue weighted by Gasteiger charge is 2.06. The molecule has 110 valence electrons. The van der Waals surface area contributed by atoms with Crippen molar-refractivity contribution < 1.29 is 0 Å². The lowest BCUT2D eigenvalue weighted by Crippen LogP contribution is -1.93. The van der Waals surface area contributed by atoms with Gasteiger partial charge in [-0.25, -0.2) is 0 Å². The average Bonchev–Trinajstić information content (AvgIpc) is 2.52. The van der Waals surface area contributed by atoms with Gasteiger partial charge >= 0.3 is 0 Å². The van der Waals surface area contributed by atoms with Crippen LogP contribution in [0.1, 0.15) is 5.56 Å². The SMILES string of the molecule is Cc1ccccc1-c1ccc(Nc2ccc(N)cc2)c(Cl)c1. The molecular weight excluding hydrogens is 292 g/mol. The Labute approximate surface area is 135 Å². The molecule has 0 amide bonds. The van der Waals surface area contributed by atoms with Gasteiger partial charge in [-0.05, 0) is 60.0 Å². The summed E-state index contributed by atoms with van der Waals surface area (Å²) in [5.74, 6) is 0. The van der Waals surface area contributed by atoms with E-state index < -0.39 is 0 Å². The molecule has 2 nitrogen and oxygen atoms in total. The molecule has 3 aromatic rings. The van der Waals surface area contributed by atoms with Crippen molar-refractivity contribution in [2.45, 2.75) is 6.92 Å². The highest BCUT2D eigenvalue weighted by Crippen LogP contribution is 2.32. The van der Waals surface area contributed by atoms with E-state index in [1.165, 1.54) is 11.1 Å². The molecule has 3 aromatic carbocycles. The maximum Gasteiger partial charge on any atom is 0.0647 e. The van der Waals surface area contributed by atoms with Gasteiger partial charge < -0.3 is 11.1 Å². The lowest BCUT2D eigenvalue weighted by atomic mass is 10.0. The number of aryl methyl sites for hydroxylation is 1. The highest BCUT2D eigenvalue weighted by atomic mass is 35.5. The first-order valence-electron chi connectivity index (χ1n) is 7.11. The van der Waals surface area contributed by atoms with Crippen molar-refractivity contribution in [3.05, 3.63) is 77.3 Å². The summed E-state index contributed by atoms with van der Waals surface area (Å²) in [4.78, 5) is 0. The van der Waals surface area contributed by atoms with Gasteiger partial charge in [0.2, 0.25) is 0 Å². The number of nitrogens with one attached hydrogen (secondary N) is 1. The maximum atomic E-state index is 6.43. The molecule has 3 heteroatoms. The van der Waals surface area contributed by atoms with E-state index in [4.69, 9.17) is 17.3 Å². The molecule has 0 spiro atoms. The zero-order valence-corrected chi connectivity index (χ0v) is 13.1. The summed E-state index contributed by atoms with van der Waals surface area (Å²) in [6, 6.07) is 21.9. The van der Waals surface area contributed by atoms with Crippen LogP contribution in [-0.4, -0.2) is 0 Å². The molecule has 0 aliphatic rings. The quantitative estimate of drug-likeness (QED) is 0.614. The summed E-state index contributed by atoms with van der Waals surface area (Å²) in [6.07, 6.45) is 0. The normalized spacial score (nSPS) is 10.5. The third kappa shape index (κ3) is 3.07. The van der Waals surface area contributed by atoms with Crippen LogP contribution in [0.2, 0.25) is 5.02 Å². The second kappa shape index (κ2) is 6.12. The number of rotatable bonds is 3. The van der Waals surface area contributed by atoms with E-state index in [0.29, 0.717) is 5.02 Å². The van der Waals surface area contributed by atoms with Crippen molar-refractivity contribution >= 4 is 28.7 Å². The Hall–Kier alpha value is -2.45. The van der Waals surface area contributed by atoms with E-state index in [2.05, 4.69) is 30.4 Å². The van der Waals surface area contributed by atoms with Gasteiger partial charge in [-0.1, -0.05) is 41.9 Å². The summed E-state index contributed by atoms with van der Waals surface area (Å²) in [6.45, 7) is 2.10. The standard InChI is InChI=1S/C19H17ClN2/c1-13-4-2-3-5-17(13)14-6-11-19(18(20)12-14)22-16-9-7-15(21)8-10-16/h2-12,22H,21H2,1H3. The zero-order valence-electron chi connectivity index (χ0n) is 12.3. The fourth-order valence-electron chi connectivity index (χ4n) is 2.40. The van der Waals surface area contributed by atoms with Gasteiger partial charge in [-0.15, -0.1) is 0 Å². The molecule has 22 heavy (non-hydrogen) atoms. The summed E-state index contributed by atoms with van der Waals surface area (Å²) in [5.41, 5.74) is 11.8. The van der Waals surface area contributed by atoms with Gasteiger partial charge in [0, 0.05) is 11.4 Å². The van der Waals surface area contributed by atoms with Crippen LogP contribution in [0.3, 0.4) is 0 Å². The van der Waals surface area contributed by atoms with Gasteiger partial charge in [0.25, 0.3) is 0 Å². The number of nitrogen functional groups attached to an aromatic ring is 1. The summed E-state index contributed by atoms with van der Waals surface area (Å²) < 4.78 is 0. The molecule has 0 saturated carbocycles. The molecular formula is C19H17ClN2. The first-order valence-corrected chi connectivity index (χ1v) is 7.49. The fourth-order valence-corrected chi connectivity index (χ4v) is 2.63. The van der Waals surface area contributed by atoms with Crippen LogP contribution < -0.4 is 11.1 Å². The van der Waals surface area contributed by atoms with E-state index in [9.17, 15) is 0 Å². The van der Waals surface area contributed by atoms with E-state index in [1.807, 2.05) is 48.5 Å². The largest absolute Gasteiger partial charge is 0.399 e. The number of halogens is 1. The molecule has 0 heterocycles. The average molecular weight is 309 g/mol. The third-order valence-electron chi connectivity index (χ3n) is 3.61. The van der Waals surface area contributed by atoms with Crippen LogP contribution >= 0.6 is 11.6 Å². The Kier molecular flexibility index (Phi) is 4.03. The summed E-state index contributed by atoms with van der Waals surface area (Å²) in [7, 11) is 0. The van der Waals surface area contributed by atoms with Crippen LogP contribution in [-0.2, 0) is 0 Å². The molecule has 0 bridgehead atoms. The summed E-state index contributed by atoms with van der Waals surface area (Å²) >= 11 is 6.43. The molecule has 0 radical (unpaired) electrons. The molecule has 3 N–H and O–H groups in total. The molecule has 0 atom stereocenters. The van der Waals surface area contributed by atoms with Gasteiger partial charge in [-0.3, -0.25) is 0 Å². The monoisotopic (exact) mass is 308 g/mol. The number of hydrogen-bond acceptors (Lipinski definition) is 2. The van der Waals surface area contributed by atoms with Crippen molar-refractivity contribution in [3.63, 3.8) is 0 Å². The molecule has 0 fully saturated rings. The Morgan fingerprint density at radius 3 is 2.32 bits per heavy atom.